The fourth-order valence-electron chi connectivity index (χ4n) is 2.92. The van der Waals surface area contributed by atoms with E-state index in [1.807, 2.05) is 0 Å². The van der Waals surface area contributed by atoms with Gasteiger partial charge in [0.25, 0.3) is 0 Å². The SMILES string of the molecule is Cc1c(CNC2CC2(C)C)n(C)c2ccccc12. The normalized spacial score (nSPS) is 21.4. The zero-order chi connectivity index (χ0) is 12.9. The molecule has 0 aliphatic heterocycles. The van der Waals surface area contributed by atoms with Gasteiger partial charge < -0.3 is 9.88 Å². The summed E-state index contributed by atoms with van der Waals surface area (Å²) in [4.78, 5) is 0. The third-order valence-electron chi connectivity index (χ3n) is 4.54. The highest BCUT2D eigenvalue weighted by Gasteiger charge is 2.45. The molecule has 18 heavy (non-hydrogen) atoms. The van der Waals surface area contributed by atoms with E-state index in [2.05, 4.69) is 62.0 Å². The maximum Gasteiger partial charge on any atom is 0.0483 e. The van der Waals surface area contributed by atoms with Crippen LogP contribution in [0, 0.1) is 12.3 Å². The molecule has 1 fully saturated rings. The van der Waals surface area contributed by atoms with Crippen LogP contribution in [0.25, 0.3) is 10.9 Å². The summed E-state index contributed by atoms with van der Waals surface area (Å²) in [5.41, 5.74) is 4.66. The Morgan fingerprint density at radius 2 is 2.00 bits per heavy atom. The van der Waals surface area contributed by atoms with Gasteiger partial charge in [-0.15, -0.1) is 0 Å². The van der Waals surface area contributed by atoms with Crippen LogP contribution in [0.2, 0.25) is 0 Å². The molecule has 1 aliphatic rings. The average molecular weight is 242 g/mol. The minimum atomic E-state index is 0.499. The van der Waals surface area contributed by atoms with Gasteiger partial charge >= 0.3 is 0 Å². The highest BCUT2D eigenvalue weighted by Crippen LogP contribution is 2.44. The lowest BCUT2D eigenvalue weighted by atomic mass is 10.1. The van der Waals surface area contributed by atoms with Crippen LogP contribution < -0.4 is 5.32 Å². The molecular weight excluding hydrogens is 220 g/mol. The zero-order valence-electron chi connectivity index (χ0n) is 11.7. The Bertz CT molecular complexity index is 553. The first-order chi connectivity index (χ1) is 8.50. The van der Waals surface area contributed by atoms with Crippen LogP contribution in [0.4, 0.5) is 0 Å². The van der Waals surface area contributed by atoms with Crippen LogP contribution in [0.5, 0.6) is 0 Å². The second-order valence-corrected chi connectivity index (χ2v) is 6.27. The molecule has 1 aromatic carbocycles. The van der Waals surface area contributed by atoms with Crippen molar-refractivity contribution in [1.29, 1.82) is 0 Å². The van der Waals surface area contributed by atoms with E-state index in [-0.39, 0.29) is 0 Å². The molecule has 1 N–H and O–H groups in total. The molecule has 0 bridgehead atoms. The molecule has 1 heterocycles. The topological polar surface area (TPSA) is 17.0 Å². The second kappa shape index (κ2) is 3.86. The fourth-order valence-corrected chi connectivity index (χ4v) is 2.92. The minimum absolute atomic E-state index is 0.499. The number of nitrogens with one attached hydrogen (secondary N) is 1. The number of benzene rings is 1. The Hall–Kier alpha value is -1.28. The molecule has 0 radical (unpaired) electrons. The van der Waals surface area contributed by atoms with Gasteiger partial charge in [0.05, 0.1) is 0 Å². The highest BCUT2D eigenvalue weighted by atomic mass is 15.0. The average Bonchev–Trinajstić information content (AvgIpc) is 2.88. The quantitative estimate of drug-likeness (QED) is 0.873. The van der Waals surface area contributed by atoms with Crippen molar-refractivity contribution in [2.24, 2.45) is 12.5 Å². The van der Waals surface area contributed by atoms with Gasteiger partial charge in [0.1, 0.15) is 0 Å². The highest BCUT2D eigenvalue weighted by molar-refractivity contribution is 5.85. The monoisotopic (exact) mass is 242 g/mol. The summed E-state index contributed by atoms with van der Waals surface area (Å²) in [5.74, 6) is 0. The minimum Gasteiger partial charge on any atom is -0.346 e. The predicted molar refractivity (Wildman–Crippen MR) is 76.7 cm³/mol. The van der Waals surface area contributed by atoms with Gasteiger partial charge in [0, 0.05) is 36.2 Å². The summed E-state index contributed by atoms with van der Waals surface area (Å²) in [6.07, 6.45) is 1.30. The number of para-hydroxylation sites is 1. The van der Waals surface area contributed by atoms with Gasteiger partial charge in [0.15, 0.2) is 0 Å². The lowest BCUT2D eigenvalue weighted by Crippen LogP contribution is -2.21. The Labute approximate surface area is 109 Å². The molecule has 0 saturated heterocycles. The maximum absolute atomic E-state index is 3.68. The van der Waals surface area contributed by atoms with Crippen molar-refractivity contribution < 1.29 is 0 Å². The molecule has 2 heteroatoms. The van der Waals surface area contributed by atoms with E-state index < -0.39 is 0 Å². The Morgan fingerprint density at radius 1 is 1.33 bits per heavy atom. The number of hydrogen-bond donors (Lipinski definition) is 1. The molecular formula is C16H22N2. The van der Waals surface area contributed by atoms with Crippen molar-refractivity contribution in [3.05, 3.63) is 35.5 Å². The number of hydrogen-bond acceptors (Lipinski definition) is 1. The Balaban J connectivity index is 1.88. The molecule has 2 nitrogen and oxygen atoms in total. The van der Waals surface area contributed by atoms with Crippen molar-refractivity contribution in [2.75, 3.05) is 0 Å². The third kappa shape index (κ3) is 1.76. The standard InChI is InChI=1S/C16H22N2/c1-11-12-7-5-6-8-13(12)18(4)14(11)10-17-15-9-16(15,2)3/h5-8,15,17H,9-10H2,1-4H3. The van der Waals surface area contributed by atoms with Crippen molar-refractivity contribution in [3.63, 3.8) is 0 Å². The van der Waals surface area contributed by atoms with Gasteiger partial charge in [-0.2, -0.15) is 0 Å². The third-order valence-corrected chi connectivity index (χ3v) is 4.54. The fraction of sp³-hybridized carbons (Fsp3) is 0.500. The molecule has 1 unspecified atom stereocenters. The zero-order valence-corrected chi connectivity index (χ0v) is 11.7. The number of rotatable bonds is 3. The molecule has 2 aromatic rings. The van der Waals surface area contributed by atoms with Crippen LogP contribution in [-0.2, 0) is 13.6 Å². The number of fused-ring (bicyclic) bond motifs is 1. The summed E-state index contributed by atoms with van der Waals surface area (Å²) in [6, 6.07) is 9.34. The first-order valence-electron chi connectivity index (χ1n) is 6.77. The summed E-state index contributed by atoms with van der Waals surface area (Å²) >= 11 is 0. The van der Waals surface area contributed by atoms with Crippen LogP contribution in [0.3, 0.4) is 0 Å². The summed E-state index contributed by atoms with van der Waals surface area (Å²) in [5, 5.41) is 5.07. The van der Waals surface area contributed by atoms with E-state index in [0.29, 0.717) is 11.5 Å². The van der Waals surface area contributed by atoms with E-state index in [1.165, 1.54) is 28.6 Å². The lowest BCUT2D eigenvalue weighted by Gasteiger charge is -2.09. The van der Waals surface area contributed by atoms with Crippen molar-refractivity contribution in [1.82, 2.24) is 9.88 Å². The van der Waals surface area contributed by atoms with Gasteiger partial charge in [-0.05, 0) is 30.4 Å². The smallest absolute Gasteiger partial charge is 0.0483 e. The molecule has 1 saturated carbocycles. The molecule has 96 valence electrons. The van der Waals surface area contributed by atoms with Crippen LogP contribution in [-0.4, -0.2) is 10.6 Å². The largest absolute Gasteiger partial charge is 0.346 e. The summed E-state index contributed by atoms with van der Waals surface area (Å²) in [7, 11) is 2.17. The van der Waals surface area contributed by atoms with E-state index in [9.17, 15) is 0 Å². The lowest BCUT2D eigenvalue weighted by molar-refractivity contribution is 0.534. The van der Waals surface area contributed by atoms with Gasteiger partial charge in [-0.1, -0.05) is 32.0 Å². The van der Waals surface area contributed by atoms with E-state index in [4.69, 9.17) is 0 Å². The van der Waals surface area contributed by atoms with Crippen LogP contribution in [0.15, 0.2) is 24.3 Å². The van der Waals surface area contributed by atoms with Gasteiger partial charge in [-0.25, -0.2) is 0 Å². The Kier molecular flexibility index (Phi) is 2.53. The number of aromatic nitrogens is 1. The number of nitrogens with zero attached hydrogens (tertiary/aromatic N) is 1. The van der Waals surface area contributed by atoms with Gasteiger partial charge in [0.2, 0.25) is 0 Å². The van der Waals surface area contributed by atoms with E-state index in [0.717, 1.165) is 6.54 Å². The molecule has 0 amide bonds. The predicted octanol–water partition coefficient (Wildman–Crippen LogP) is 3.37. The first kappa shape index (κ1) is 11.8. The molecule has 1 aliphatic carbocycles. The molecule has 3 rings (SSSR count). The first-order valence-corrected chi connectivity index (χ1v) is 6.77. The van der Waals surface area contributed by atoms with Crippen molar-refractivity contribution in [2.45, 2.75) is 39.8 Å². The second-order valence-electron chi connectivity index (χ2n) is 6.27. The van der Waals surface area contributed by atoms with Crippen LogP contribution in [0.1, 0.15) is 31.5 Å². The van der Waals surface area contributed by atoms with E-state index in [1.54, 1.807) is 0 Å². The van der Waals surface area contributed by atoms with E-state index >= 15 is 0 Å². The summed E-state index contributed by atoms with van der Waals surface area (Å²) < 4.78 is 2.33. The van der Waals surface area contributed by atoms with Crippen molar-refractivity contribution >= 4 is 10.9 Å². The number of aryl methyl sites for hydroxylation is 2. The van der Waals surface area contributed by atoms with Gasteiger partial charge in [-0.3, -0.25) is 0 Å². The molecule has 1 aromatic heterocycles. The Morgan fingerprint density at radius 3 is 2.61 bits per heavy atom. The molecule has 1 atom stereocenters. The maximum atomic E-state index is 3.68. The molecule has 0 spiro atoms. The van der Waals surface area contributed by atoms with Crippen LogP contribution >= 0.6 is 0 Å². The summed E-state index contributed by atoms with van der Waals surface area (Å²) in [6.45, 7) is 7.88. The van der Waals surface area contributed by atoms with Crippen molar-refractivity contribution in [3.8, 4) is 0 Å².